The number of nitriles is 1. The number of hydrogen-bond donors (Lipinski definition) is 1. The van der Waals surface area contributed by atoms with Crippen molar-refractivity contribution in [3.8, 4) is 17.6 Å². The number of rotatable bonds is 7. The van der Waals surface area contributed by atoms with Crippen LogP contribution in [0.4, 0.5) is 4.39 Å². The van der Waals surface area contributed by atoms with Gasteiger partial charge < -0.3 is 14.8 Å². The predicted molar refractivity (Wildman–Crippen MR) is 90.8 cm³/mol. The molecular formula is C18H16ClFN2O3. The number of hydrogen-bond acceptors (Lipinski definition) is 4. The topological polar surface area (TPSA) is 71.3 Å². The number of ether oxygens (including phenoxy) is 2. The first-order valence-electron chi connectivity index (χ1n) is 7.40. The van der Waals surface area contributed by atoms with Gasteiger partial charge in [-0.2, -0.15) is 5.26 Å². The summed E-state index contributed by atoms with van der Waals surface area (Å²) in [4.78, 5) is 11.4. The second-order valence-electron chi connectivity index (χ2n) is 5.14. The lowest BCUT2D eigenvalue weighted by Gasteiger charge is -2.14. The standard InChI is InChI=1S/C18H16ClFN2O3/c1-24-16-9-13(10-22-17(23)6-7-21)8-15(19)18(16)25-11-12-2-4-14(20)5-3-12/h2-5,8-9H,6,10-11H2,1H3,(H,22,23). The van der Waals surface area contributed by atoms with E-state index in [1.807, 2.05) is 0 Å². The minimum atomic E-state index is -0.366. The summed E-state index contributed by atoms with van der Waals surface area (Å²) in [5.41, 5.74) is 1.50. The summed E-state index contributed by atoms with van der Waals surface area (Å²) in [7, 11) is 1.48. The van der Waals surface area contributed by atoms with Crippen molar-refractivity contribution in [1.82, 2.24) is 5.32 Å². The van der Waals surface area contributed by atoms with Crippen LogP contribution in [0.15, 0.2) is 36.4 Å². The molecular weight excluding hydrogens is 347 g/mol. The van der Waals surface area contributed by atoms with Crippen LogP contribution in [0.1, 0.15) is 17.5 Å². The molecule has 0 spiro atoms. The second-order valence-corrected chi connectivity index (χ2v) is 5.54. The molecule has 0 radical (unpaired) electrons. The SMILES string of the molecule is COc1cc(CNC(=O)CC#N)cc(Cl)c1OCc1ccc(F)cc1. The molecule has 1 amide bonds. The molecule has 0 fully saturated rings. The van der Waals surface area contributed by atoms with E-state index in [2.05, 4.69) is 5.32 Å². The fourth-order valence-electron chi connectivity index (χ4n) is 2.09. The summed E-state index contributed by atoms with van der Waals surface area (Å²) in [5, 5.41) is 11.4. The van der Waals surface area contributed by atoms with Crippen molar-refractivity contribution in [1.29, 1.82) is 5.26 Å². The Balaban J connectivity index is 2.09. The molecule has 2 aromatic carbocycles. The number of amides is 1. The minimum Gasteiger partial charge on any atom is -0.493 e. The van der Waals surface area contributed by atoms with Gasteiger partial charge in [0.05, 0.1) is 18.2 Å². The van der Waals surface area contributed by atoms with E-state index in [1.165, 1.54) is 19.2 Å². The van der Waals surface area contributed by atoms with Gasteiger partial charge in [-0.25, -0.2) is 4.39 Å². The molecule has 0 atom stereocenters. The van der Waals surface area contributed by atoms with Gasteiger partial charge in [-0.15, -0.1) is 0 Å². The highest BCUT2D eigenvalue weighted by Crippen LogP contribution is 2.37. The first kappa shape index (κ1) is 18.6. The van der Waals surface area contributed by atoms with E-state index in [0.29, 0.717) is 22.1 Å². The molecule has 25 heavy (non-hydrogen) atoms. The zero-order valence-electron chi connectivity index (χ0n) is 13.5. The molecule has 0 aromatic heterocycles. The third kappa shape index (κ3) is 5.37. The maximum Gasteiger partial charge on any atom is 0.234 e. The largest absolute Gasteiger partial charge is 0.493 e. The van der Waals surface area contributed by atoms with E-state index >= 15 is 0 Å². The highest BCUT2D eigenvalue weighted by molar-refractivity contribution is 6.32. The number of nitrogens with one attached hydrogen (secondary N) is 1. The first-order chi connectivity index (χ1) is 12.0. The lowest BCUT2D eigenvalue weighted by atomic mass is 10.2. The summed E-state index contributed by atoms with van der Waals surface area (Å²) < 4.78 is 23.9. The number of carbonyl (C=O) groups is 1. The second kappa shape index (κ2) is 8.90. The highest BCUT2D eigenvalue weighted by Gasteiger charge is 2.13. The van der Waals surface area contributed by atoms with Crippen molar-refractivity contribution in [2.24, 2.45) is 0 Å². The Morgan fingerprint density at radius 2 is 2.00 bits per heavy atom. The molecule has 0 heterocycles. The van der Waals surface area contributed by atoms with E-state index in [1.54, 1.807) is 30.3 Å². The molecule has 2 rings (SSSR count). The quantitative estimate of drug-likeness (QED) is 0.817. The zero-order chi connectivity index (χ0) is 18.2. The highest BCUT2D eigenvalue weighted by atomic mass is 35.5. The van der Waals surface area contributed by atoms with Crippen molar-refractivity contribution in [2.75, 3.05) is 7.11 Å². The molecule has 0 aliphatic heterocycles. The van der Waals surface area contributed by atoms with Crippen molar-refractivity contribution in [3.63, 3.8) is 0 Å². The van der Waals surface area contributed by atoms with Crippen LogP contribution in [0.2, 0.25) is 5.02 Å². The average molecular weight is 363 g/mol. The van der Waals surface area contributed by atoms with E-state index in [4.69, 9.17) is 26.3 Å². The molecule has 5 nitrogen and oxygen atoms in total. The van der Waals surface area contributed by atoms with Gasteiger partial charge in [-0.1, -0.05) is 23.7 Å². The first-order valence-corrected chi connectivity index (χ1v) is 7.78. The van der Waals surface area contributed by atoms with Gasteiger partial charge in [0.2, 0.25) is 5.91 Å². The number of benzene rings is 2. The number of nitrogens with zero attached hydrogens (tertiary/aromatic N) is 1. The molecule has 0 aliphatic rings. The van der Waals surface area contributed by atoms with Crippen molar-refractivity contribution < 1.29 is 18.7 Å². The maximum absolute atomic E-state index is 12.9. The molecule has 0 unspecified atom stereocenters. The third-order valence-corrected chi connectivity index (χ3v) is 3.60. The summed E-state index contributed by atoms with van der Waals surface area (Å²) in [6, 6.07) is 11.1. The number of methoxy groups -OCH3 is 1. The third-order valence-electron chi connectivity index (χ3n) is 3.31. The molecule has 130 valence electrons. The summed E-state index contributed by atoms with van der Waals surface area (Å²) >= 11 is 6.25. The van der Waals surface area contributed by atoms with Crippen LogP contribution in [-0.4, -0.2) is 13.0 Å². The van der Waals surface area contributed by atoms with Gasteiger partial charge in [-0.05, 0) is 35.4 Å². The van der Waals surface area contributed by atoms with E-state index in [9.17, 15) is 9.18 Å². The summed E-state index contributed by atoms with van der Waals surface area (Å²) in [6.07, 6.45) is -0.205. The molecule has 0 saturated carbocycles. The Labute approximate surface area is 149 Å². The van der Waals surface area contributed by atoms with E-state index < -0.39 is 0 Å². The molecule has 0 aliphatic carbocycles. The Morgan fingerprint density at radius 3 is 2.64 bits per heavy atom. The van der Waals surface area contributed by atoms with Gasteiger partial charge >= 0.3 is 0 Å². The molecule has 7 heteroatoms. The van der Waals surface area contributed by atoms with Crippen LogP contribution in [0.25, 0.3) is 0 Å². The Morgan fingerprint density at radius 1 is 1.28 bits per heavy atom. The van der Waals surface area contributed by atoms with Gasteiger partial charge in [0, 0.05) is 6.54 Å². The fourth-order valence-corrected chi connectivity index (χ4v) is 2.37. The van der Waals surface area contributed by atoms with Crippen molar-refractivity contribution >= 4 is 17.5 Å². The van der Waals surface area contributed by atoms with Gasteiger partial charge in [-0.3, -0.25) is 4.79 Å². The lowest BCUT2D eigenvalue weighted by Crippen LogP contribution is -2.21. The Hall–Kier alpha value is -2.78. The molecule has 1 N–H and O–H groups in total. The lowest BCUT2D eigenvalue weighted by molar-refractivity contribution is -0.120. The minimum absolute atomic E-state index is 0.203. The molecule has 2 aromatic rings. The Kier molecular flexibility index (Phi) is 6.61. The van der Waals surface area contributed by atoms with Gasteiger partial charge in [0.25, 0.3) is 0 Å². The number of carbonyl (C=O) groups excluding carboxylic acids is 1. The monoisotopic (exact) mass is 362 g/mol. The summed E-state index contributed by atoms with van der Waals surface area (Å²) in [6.45, 7) is 0.420. The normalized spacial score (nSPS) is 10.0. The smallest absolute Gasteiger partial charge is 0.234 e. The van der Waals surface area contributed by atoms with Crippen LogP contribution in [0.5, 0.6) is 11.5 Å². The van der Waals surface area contributed by atoms with Crippen LogP contribution in [0.3, 0.4) is 0 Å². The van der Waals surface area contributed by atoms with Crippen LogP contribution < -0.4 is 14.8 Å². The zero-order valence-corrected chi connectivity index (χ0v) is 14.3. The van der Waals surface area contributed by atoms with Crippen molar-refractivity contribution in [3.05, 3.63) is 58.4 Å². The molecule has 0 bridgehead atoms. The Bertz CT molecular complexity index is 788. The van der Waals surface area contributed by atoms with Crippen LogP contribution in [0, 0.1) is 17.1 Å². The number of halogens is 2. The predicted octanol–water partition coefficient (Wildman–Crippen LogP) is 3.60. The van der Waals surface area contributed by atoms with Crippen molar-refractivity contribution in [2.45, 2.75) is 19.6 Å². The van der Waals surface area contributed by atoms with Crippen LogP contribution in [-0.2, 0) is 17.9 Å². The molecule has 0 saturated heterocycles. The summed E-state index contributed by atoms with van der Waals surface area (Å²) in [5.74, 6) is 0.0936. The average Bonchev–Trinajstić information content (AvgIpc) is 2.60. The van der Waals surface area contributed by atoms with E-state index in [0.717, 1.165) is 5.56 Å². The maximum atomic E-state index is 12.9. The fraction of sp³-hybridized carbons (Fsp3) is 0.222. The van der Waals surface area contributed by atoms with Gasteiger partial charge in [0.1, 0.15) is 18.8 Å². The van der Waals surface area contributed by atoms with Gasteiger partial charge in [0.15, 0.2) is 11.5 Å². The van der Waals surface area contributed by atoms with E-state index in [-0.39, 0.29) is 31.3 Å². The van der Waals surface area contributed by atoms with Crippen LogP contribution >= 0.6 is 11.6 Å².